The van der Waals surface area contributed by atoms with Gasteiger partial charge in [-0.15, -0.1) is 6.58 Å². The molecule has 0 atom stereocenters. The first-order valence-electron chi connectivity index (χ1n) is 8.96. The number of nitrogens with zero attached hydrogens (tertiary/aromatic N) is 1. The highest BCUT2D eigenvalue weighted by Gasteiger charge is 2.13. The molecular weight excluding hydrogens is 389 g/mol. The fourth-order valence-electron chi connectivity index (χ4n) is 3.04. The molecule has 2 nitrogen and oxygen atoms in total. The van der Waals surface area contributed by atoms with E-state index >= 15 is 0 Å². The number of hydrogen-bond donors (Lipinski definition) is 0. The summed E-state index contributed by atoms with van der Waals surface area (Å²) in [5.74, 6) is -0.117. The fraction of sp³-hybridized carbons (Fsp3) is 0.125. The van der Waals surface area contributed by atoms with Gasteiger partial charge in [-0.2, -0.15) is 0 Å². The number of carbonyl (C=O) groups excluding carboxylic acids is 1. The monoisotopic (exact) mass is 409 g/mol. The molecule has 0 unspecified atom stereocenters. The fourth-order valence-corrected chi connectivity index (χ4v) is 3.54. The molecule has 28 heavy (non-hydrogen) atoms. The summed E-state index contributed by atoms with van der Waals surface area (Å²) < 4.78 is 0. The Balaban J connectivity index is 1.75. The average Bonchev–Trinajstić information content (AvgIpc) is 2.68. The van der Waals surface area contributed by atoms with Crippen LogP contribution in [0.25, 0.3) is 11.1 Å². The Hall–Kier alpha value is -2.39. The number of rotatable bonds is 7. The summed E-state index contributed by atoms with van der Waals surface area (Å²) in [5.41, 5.74) is 4.46. The minimum absolute atomic E-state index is 0.117. The topological polar surface area (TPSA) is 20.3 Å². The van der Waals surface area contributed by atoms with Gasteiger partial charge >= 0.3 is 0 Å². The molecular formula is C24H21Cl2NO. The summed E-state index contributed by atoms with van der Waals surface area (Å²) in [6, 6.07) is 20.9. The highest BCUT2D eigenvalue weighted by Crippen LogP contribution is 2.25. The molecule has 3 rings (SSSR count). The van der Waals surface area contributed by atoms with Crippen LogP contribution in [0.2, 0.25) is 10.0 Å². The zero-order valence-electron chi connectivity index (χ0n) is 15.7. The lowest BCUT2D eigenvalue weighted by atomic mass is 9.99. The predicted molar refractivity (Wildman–Crippen MR) is 118 cm³/mol. The smallest absolute Gasteiger partial charge is 0.194 e. The standard InChI is InChI=1S/C24H21Cl2NO/c1-3-14-27(2)16-17-4-6-18(7-5-17)19-8-10-20(11-9-19)24(28)22-13-12-21(25)15-23(22)26/h3-13,15H,1,14,16H2,2H3. The minimum Gasteiger partial charge on any atom is -0.298 e. The van der Waals surface area contributed by atoms with Crippen molar-refractivity contribution in [3.05, 3.63) is 106 Å². The number of benzene rings is 3. The Morgan fingerprint density at radius 3 is 2.14 bits per heavy atom. The van der Waals surface area contributed by atoms with Crippen LogP contribution < -0.4 is 0 Å². The molecule has 0 radical (unpaired) electrons. The first kappa shape index (κ1) is 20.3. The Kier molecular flexibility index (Phi) is 6.69. The van der Waals surface area contributed by atoms with Crippen molar-refractivity contribution >= 4 is 29.0 Å². The second-order valence-corrected chi connectivity index (χ2v) is 7.56. The van der Waals surface area contributed by atoms with E-state index in [1.165, 1.54) is 5.56 Å². The van der Waals surface area contributed by atoms with Gasteiger partial charge in [0.1, 0.15) is 0 Å². The highest BCUT2D eigenvalue weighted by atomic mass is 35.5. The molecule has 0 bridgehead atoms. The Labute approximate surface area is 176 Å². The molecule has 0 amide bonds. The van der Waals surface area contributed by atoms with E-state index in [-0.39, 0.29) is 5.78 Å². The summed E-state index contributed by atoms with van der Waals surface area (Å²) in [6.45, 7) is 5.50. The van der Waals surface area contributed by atoms with Gasteiger partial charge in [0, 0.05) is 29.2 Å². The van der Waals surface area contributed by atoms with Crippen LogP contribution in [0.3, 0.4) is 0 Å². The third kappa shape index (κ3) is 4.90. The van der Waals surface area contributed by atoms with Crippen LogP contribution in [0.4, 0.5) is 0 Å². The molecule has 0 aliphatic carbocycles. The van der Waals surface area contributed by atoms with Crippen molar-refractivity contribution in [3.8, 4) is 11.1 Å². The van der Waals surface area contributed by atoms with Crippen molar-refractivity contribution in [2.24, 2.45) is 0 Å². The maximum atomic E-state index is 12.7. The second kappa shape index (κ2) is 9.20. The predicted octanol–water partition coefficient (Wildman–Crippen LogP) is 6.51. The van der Waals surface area contributed by atoms with Crippen molar-refractivity contribution < 1.29 is 4.79 Å². The zero-order valence-corrected chi connectivity index (χ0v) is 17.2. The third-order valence-electron chi connectivity index (χ3n) is 4.50. The third-order valence-corrected chi connectivity index (χ3v) is 5.05. The lowest BCUT2D eigenvalue weighted by Gasteiger charge is -2.14. The normalized spacial score (nSPS) is 10.9. The van der Waals surface area contributed by atoms with E-state index in [1.807, 2.05) is 30.3 Å². The maximum Gasteiger partial charge on any atom is 0.194 e. The van der Waals surface area contributed by atoms with E-state index in [9.17, 15) is 4.79 Å². The number of carbonyl (C=O) groups is 1. The summed E-state index contributed by atoms with van der Waals surface area (Å²) in [5, 5.41) is 0.870. The van der Waals surface area contributed by atoms with Crippen LogP contribution in [0, 0.1) is 0 Å². The van der Waals surface area contributed by atoms with Crippen molar-refractivity contribution in [2.45, 2.75) is 6.54 Å². The van der Waals surface area contributed by atoms with Gasteiger partial charge in [-0.3, -0.25) is 9.69 Å². The molecule has 0 saturated heterocycles. The van der Waals surface area contributed by atoms with Crippen LogP contribution in [0.1, 0.15) is 21.5 Å². The largest absolute Gasteiger partial charge is 0.298 e. The number of halogens is 2. The minimum atomic E-state index is -0.117. The molecule has 0 saturated carbocycles. The Bertz CT molecular complexity index is 978. The summed E-state index contributed by atoms with van der Waals surface area (Å²) >= 11 is 12.1. The van der Waals surface area contributed by atoms with Crippen LogP contribution in [0.15, 0.2) is 79.4 Å². The molecule has 3 aromatic rings. The van der Waals surface area contributed by atoms with Gasteiger partial charge in [0.2, 0.25) is 0 Å². The van der Waals surface area contributed by atoms with Crippen molar-refractivity contribution in [3.63, 3.8) is 0 Å². The van der Waals surface area contributed by atoms with Crippen molar-refractivity contribution in [1.29, 1.82) is 0 Å². The molecule has 0 heterocycles. The van der Waals surface area contributed by atoms with Crippen molar-refractivity contribution in [2.75, 3.05) is 13.6 Å². The zero-order chi connectivity index (χ0) is 20.1. The molecule has 142 valence electrons. The van der Waals surface area contributed by atoms with Crippen molar-refractivity contribution in [1.82, 2.24) is 4.90 Å². The van der Waals surface area contributed by atoms with Gasteiger partial charge in [-0.05, 0) is 41.9 Å². The van der Waals surface area contributed by atoms with Crippen LogP contribution in [-0.4, -0.2) is 24.3 Å². The average molecular weight is 410 g/mol. The van der Waals surface area contributed by atoms with Gasteiger partial charge in [-0.1, -0.05) is 77.8 Å². The molecule has 3 aromatic carbocycles. The SMILES string of the molecule is C=CCN(C)Cc1ccc(-c2ccc(C(=O)c3ccc(Cl)cc3Cl)cc2)cc1. The summed E-state index contributed by atoms with van der Waals surface area (Å²) in [6.07, 6.45) is 1.90. The molecule has 0 fully saturated rings. The Morgan fingerprint density at radius 1 is 0.964 bits per heavy atom. The van der Waals surface area contributed by atoms with Crippen LogP contribution in [0.5, 0.6) is 0 Å². The summed E-state index contributed by atoms with van der Waals surface area (Å²) in [7, 11) is 2.07. The first-order valence-corrected chi connectivity index (χ1v) is 9.72. The first-order chi connectivity index (χ1) is 13.5. The van der Waals surface area contributed by atoms with Crippen LogP contribution in [-0.2, 0) is 6.54 Å². The van der Waals surface area contributed by atoms with Gasteiger partial charge in [0.15, 0.2) is 5.78 Å². The maximum absolute atomic E-state index is 12.7. The second-order valence-electron chi connectivity index (χ2n) is 6.71. The van der Waals surface area contributed by atoms with E-state index < -0.39 is 0 Å². The van der Waals surface area contributed by atoms with E-state index in [0.29, 0.717) is 21.2 Å². The Morgan fingerprint density at radius 2 is 1.57 bits per heavy atom. The molecule has 0 aliphatic rings. The van der Waals surface area contributed by atoms with Gasteiger partial charge < -0.3 is 0 Å². The lowest BCUT2D eigenvalue weighted by Crippen LogP contribution is -2.17. The number of ketones is 1. The van der Waals surface area contributed by atoms with E-state index in [2.05, 4.69) is 42.8 Å². The highest BCUT2D eigenvalue weighted by molar-refractivity contribution is 6.37. The lowest BCUT2D eigenvalue weighted by molar-refractivity contribution is 0.103. The molecule has 0 N–H and O–H groups in total. The molecule has 0 spiro atoms. The quantitative estimate of drug-likeness (QED) is 0.327. The molecule has 0 aromatic heterocycles. The van der Waals surface area contributed by atoms with Gasteiger partial charge in [0.25, 0.3) is 0 Å². The molecule has 4 heteroatoms. The van der Waals surface area contributed by atoms with Gasteiger partial charge in [-0.25, -0.2) is 0 Å². The number of hydrogen-bond acceptors (Lipinski definition) is 2. The van der Waals surface area contributed by atoms with Gasteiger partial charge in [0.05, 0.1) is 5.02 Å². The van der Waals surface area contributed by atoms with E-state index in [1.54, 1.807) is 18.2 Å². The molecule has 0 aliphatic heterocycles. The summed E-state index contributed by atoms with van der Waals surface area (Å²) in [4.78, 5) is 14.9. The van der Waals surface area contributed by atoms with E-state index in [0.717, 1.165) is 24.2 Å². The van der Waals surface area contributed by atoms with Crippen LogP contribution >= 0.6 is 23.2 Å². The van der Waals surface area contributed by atoms with E-state index in [4.69, 9.17) is 23.2 Å². The number of likely N-dealkylation sites (N-methyl/N-ethyl adjacent to an activating group) is 1.